The van der Waals surface area contributed by atoms with Gasteiger partial charge in [-0.2, -0.15) is 0 Å². The lowest BCUT2D eigenvalue weighted by molar-refractivity contribution is 0.271. The second kappa shape index (κ2) is 5.64. The largest absolute Gasteiger partial charge is 0.330 e. The van der Waals surface area contributed by atoms with Crippen molar-refractivity contribution in [2.24, 2.45) is 11.1 Å². The van der Waals surface area contributed by atoms with Gasteiger partial charge in [0.25, 0.3) is 0 Å². The molecule has 0 aromatic heterocycles. The molecule has 1 saturated carbocycles. The second-order valence-corrected chi connectivity index (χ2v) is 4.72. The molecule has 0 aliphatic heterocycles. The van der Waals surface area contributed by atoms with Gasteiger partial charge < -0.3 is 5.73 Å². The van der Waals surface area contributed by atoms with Crippen molar-refractivity contribution >= 4 is 0 Å². The summed E-state index contributed by atoms with van der Waals surface area (Å²) in [5.74, 6) is 0. The predicted molar refractivity (Wildman–Crippen MR) is 58.7 cm³/mol. The van der Waals surface area contributed by atoms with Gasteiger partial charge in [0.05, 0.1) is 0 Å². The molecule has 1 aliphatic rings. The summed E-state index contributed by atoms with van der Waals surface area (Å²) in [6.07, 6.45) is 12.6. The van der Waals surface area contributed by atoms with Gasteiger partial charge in [-0.05, 0) is 31.2 Å². The van der Waals surface area contributed by atoms with E-state index in [4.69, 9.17) is 5.73 Å². The maximum absolute atomic E-state index is 5.88. The molecule has 0 aromatic carbocycles. The van der Waals surface area contributed by atoms with Crippen LogP contribution in [0.2, 0.25) is 0 Å². The van der Waals surface area contributed by atoms with Gasteiger partial charge in [-0.3, -0.25) is 0 Å². The molecule has 0 radical (unpaired) electrons. The first-order valence-electron chi connectivity index (χ1n) is 6.03. The molecule has 1 rings (SSSR count). The van der Waals surface area contributed by atoms with Gasteiger partial charge in [0, 0.05) is 0 Å². The van der Waals surface area contributed by atoms with Crippen LogP contribution in [0.3, 0.4) is 0 Å². The average molecular weight is 183 g/mol. The Balaban J connectivity index is 2.16. The maximum atomic E-state index is 5.88. The fourth-order valence-electron chi connectivity index (χ4n) is 2.61. The van der Waals surface area contributed by atoms with Gasteiger partial charge in [0.15, 0.2) is 0 Å². The van der Waals surface area contributed by atoms with E-state index < -0.39 is 0 Å². The lowest BCUT2D eigenvalue weighted by atomic mass is 9.81. The van der Waals surface area contributed by atoms with Gasteiger partial charge in [-0.25, -0.2) is 0 Å². The fourth-order valence-corrected chi connectivity index (χ4v) is 2.61. The van der Waals surface area contributed by atoms with Crippen LogP contribution in [0.15, 0.2) is 0 Å². The summed E-state index contributed by atoms with van der Waals surface area (Å²) in [4.78, 5) is 0. The first kappa shape index (κ1) is 11.0. The molecule has 0 bridgehead atoms. The third-order valence-corrected chi connectivity index (χ3v) is 3.66. The molecule has 0 heterocycles. The smallest absolute Gasteiger partial charge is 0.00205 e. The molecule has 1 heteroatoms. The number of nitrogens with two attached hydrogens (primary N) is 1. The van der Waals surface area contributed by atoms with Gasteiger partial charge in [0.1, 0.15) is 0 Å². The third kappa shape index (κ3) is 3.30. The molecule has 78 valence electrons. The molecule has 0 saturated heterocycles. The van der Waals surface area contributed by atoms with E-state index in [0.29, 0.717) is 5.41 Å². The number of rotatable bonds is 6. The average Bonchev–Trinajstić information content (AvgIpc) is 2.62. The van der Waals surface area contributed by atoms with Crippen LogP contribution in [0.4, 0.5) is 0 Å². The van der Waals surface area contributed by atoms with E-state index >= 15 is 0 Å². The van der Waals surface area contributed by atoms with Gasteiger partial charge in [-0.15, -0.1) is 0 Å². The van der Waals surface area contributed by atoms with E-state index in [1.807, 2.05) is 0 Å². The molecule has 0 spiro atoms. The van der Waals surface area contributed by atoms with Crippen molar-refractivity contribution in [2.45, 2.75) is 64.7 Å². The Morgan fingerprint density at radius 3 is 2.31 bits per heavy atom. The maximum Gasteiger partial charge on any atom is -0.00205 e. The first-order chi connectivity index (χ1) is 6.33. The van der Waals surface area contributed by atoms with Crippen molar-refractivity contribution < 1.29 is 0 Å². The number of hydrogen-bond acceptors (Lipinski definition) is 1. The van der Waals surface area contributed by atoms with Crippen molar-refractivity contribution in [1.82, 2.24) is 0 Å². The zero-order valence-corrected chi connectivity index (χ0v) is 9.15. The van der Waals surface area contributed by atoms with Crippen LogP contribution in [-0.4, -0.2) is 6.54 Å². The summed E-state index contributed by atoms with van der Waals surface area (Å²) in [6, 6.07) is 0. The number of unbranched alkanes of at least 4 members (excludes halogenated alkanes) is 3. The Hall–Kier alpha value is -0.0400. The van der Waals surface area contributed by atoms with E-state index in [1.165, 1.54) is 57.8 Å². The highest BCUT2D eigenvalue weighted by Crippen LogP contribution is 2.41. The zero-order valence-electron chi connectivity index (χ0n) is 9.15. The first-order valence-corrected chi connectivity index (χ1v) is 6.03. The predicted octanol–water partition coefficient (Wildman–Crippen LogP) is 3.48. The molecule has 2 N–H and O–H groups in total. The van der Waals surface area contributed by atoms with Crippen LogP contribution in [0.1, 0.15) is 64.7 Å². The highest BCUT2D eigenvalue weighted by Gasteiger charge is 2.31. The Bertz CT molecular complexity index is 125. The fraction of sp³-hybridized carbons (Fsp3) is 1.00. The normalized spacial score (nSPS) is 20.8. The van der Waals surface area contributed by atoms with Crippen LogP contribution in [0.25, 0.3) is 0 Å². The second-order valence-electron chi connectivity index (χ2n) is 4.72. The molecular weight excluding hydrogens is 158 g/mol. The van der Waals surface area contributed by atoms with E-state index in [2.05, 4.69) is 6.92 Å². The molecule has 1 nitrogen and oxygen atoms in total. The standard InChI is InChI=1S/C12H25N/c1-2-3-4-5-8-12(11-13)9-6-7-10-12/h2-11,13H2,1H3. The Labute approximate surface area is 83.1 Å². The van der Waals surface area contributed by atoms with Crippen molar-refractivity contribution in [3.05, 3.63) is 0 Å². The van der Waals surface area contributed by atoms with Crippen LogP contribution < -0.4 is 5.73 Å². The Morgan fingerprint density at radius 2 is 1.77 bits per heavy atom. The van der Waals surface area contributed by atoms with Gasteiger partial charge in [-0.1, -0.05) is 45.4 Å². The summed E-state index contributed by atoms with van der Waals surface area (Å²) in [5.41, 5.74) is 6.45. The topological polar surface area (TPSA) is 26.0 Å². The van der Waals surface area contributed by atoms with Crippen molar-refractivity contribution in [1.29, 1.82) is 0 Å². The third-order valence-electron chi connectivity index (χ3n) is 3.66. The van der Waals surface area contributed by atoms with Crippen molar-refractivity contribution in [2.75, 3.05) is 6.54 Å². The van der Waals surface area contributed by atoms with Gasteiger partial charge in [0.2, 0.25) is 0 Å². The molecule has 1 fully saturated rings. The summed E-state index contributed by atoms with van der Waals surface area (Å²) in [5, 5.41) is 0. The molecule has 13 heavy (non-hydrogen) atoms. The Morgan fingerprint density at radius 1 is 1.08 bits per heavy atom. The molecule has 0 unspecified atom stereocenters. The summed E-state index contributed by atoms with van der Waals surface area (Å²) < 4.78 is 0. The number of hydrogen-bond donors (Lipinski definition) is 1. The SMILES string of the molecule is CCCCCCC1(CN)CCCC1. The minimum Gasteiger partial charge on any atom is -0.330 e. The van der Waals surface area contributed by atoms with Gasteiger partial charge >= 0.3 is 0 Å². The Kier molecular flexibility index (Phi) is 4.79. The lowest BCUT2D eigenvalue weighted by Gasteiger charge is -2.26. The summed E-state index contributed by atoms with van der Waals surface area (Å²) in [7, 11) is 0. The van der Waals surface area contributed by atoms with Crippen LogP contribution in [0, 0.1) is 5.41 Å². The van der Waals surface area contributed by atoms with E-state index in [0.717, 1.165) is 6.54 Å². The van der Waals surface area contributed by atoms with Crippen LogP contribution in [0.5, 0.6) is 0 Å². The highest BCUT2D eigenvalue weighted by atomic mass is 14.6. The van der Waals surface area contributed by atoms with Crippen molar-refractivity contribution in [3.8, 4) is 0 Å². The molecular formula is C12H25N. The molecule has 0 amide bonds. The lowest BCUT2D eigenvalue weighted by Crippen LogP contribution is -2.27. The monoisotopic (exact) mass is 183 g/mol. The van der Waals surface area contributed by atoms with E-state index in [-0.39, 0.29) is 0 Å². The van der Waals surface area contributed by atoms with E-state index in [1.54, 1.807) is 0 Å². The summed E-state index contributed by atoms with van der Waals surface area (Å²) in [6.45, 7) is 3.20. The molecule has 0 atom stereocenters. The van der Waals surface area contributed by atoms with E-state index in [9.17, 15) is 0 Å². The molecule has 1 aliphatic carbocycles. The zero-order chi connectivity index (χ0) is 9.57. The van der Waals surface area contributed by atoms with Crippen LogP contribution in [-0.2, 0) is 0 Å². The summed E-state index contributed by atoms with van der Waals surface area (Å²) >= 11 is 0. The minimum absolute atomic E-state index is 0.563. The molecule has 0 aromatic rings. The van der Waals surface area contributed by atoms with Crippen molar-refractivity contribution in [3.63, 3.8) is 0 Å². The minimum atomic E-state index is 0.563. The van der Waals surface area contributed by atoms with Crippen LogP contribution >= 0.6 is 0 Å². The highest BCUT2D eigenvalue weighted by molar-refractivity contribution is 4.85. The quantitative estimate of drug-likeness (QED) is 0.627.